The molecule has 1 aromatic carbocycles. The molecular weight excluding hydrogens is 354 g/mol. The molecule has 114 valence electrons. The average molecular weight is 372 g/mol. The Morgan fingerprint density at radius 2 is 2.19 bits per heavy atom. The SMILES string of the molecule is CCCC1SCC(C(=O)O)N1C(=O)c1ccc(Br)cc1C. The van der Waals surface area contributed by atoms with Crippen LogP contribution in [-0.2, 0) is 4.79 Å². The van der Waals surface area contributed by atoms with Crippen molar-refractivity contribution in [2.45, 2.75) is 38.1 Å². The van der Waals surface area contributed by atoms with Crippen molar-refractivity contribution in [2.75, 3.05) is 5.75 Å². The Bertz CT molecular complexity index is 564. The van der Waals surface area contributed by atoms with E-state index >= 15 is 0 Å². The summed E-state index contributed by atoms with van der Waals surface area (Å²) in [6.45, 7) is 3.91. The molecule has 1 aliphatic heterocycles. The van der Waals surface area contributed by atoms with Gasteiger partial charge in [-0.25, -0.2) is 4.79 Å². The quantitative estimate of drug-likeness (QED) is 0.879. The lowest BCUT2D eigenvalue weighted by Gasteiger charge is -2.27. The zero-order chi connectivity index (χ0) is 15.6. The van der Waals surface area contributed by atoms with Gasteiger partial charge in [-0.15, -0.1) is 11.8 Å². The monoisotopic (exact) mass is 371 g/mol. The molecule has 0 aromatic heterocycles. The Balaban J connectivity index is 2.34. The minimum Gasteiger partial charge on any atom is -0.480 e. The van der Waals surface area contributed by atoms with Crippen molar-refractivity contribution in [1.82, 2.24) is 4.90 Å². The van der Waals surface area contributed by atoms with Gasteiger partial charge in [0.2, 0.25) is 0 Å². The van der Waals surface area contributed by atoms with Gasteiger partial charge in [0.25, 0.3) is 5.91 Å². The van der Waals surface area contributed by atoms with Crippen LogP contribution in [0.5, 0.6) is 0 Å². The van der Waals surface area contributed by atoms with E-state index in [4.69, 9.17) is 0 Å². The summed E-state index contributed by atoms with van der Waals surface area (Å²) in [5.41, 5.74) is 1.43. The first-order chi connectivity index (χ1) is 9.95. The number of carbonyl (C=O) groups is 2. The molecule has 1 fully saturated rings. The third-order valence-electron chi connectivity index (χ3n) is 3.57. The van der Waals surface area contributed by atoms with Gasteiger partial charge < -0.3 is 10.0 Å². The number of thioether (sulfide) groups is 1. The normalized spacial score (nSPS) is 21.6. The fourth-order valence-corrected chi connectivity index (χ4v) is 4.49. The van der Waals surface area contributed by atoms with Crippen molar-refractivity contribution in [3.05, 3.63) is 33.8 Å². The number of carbonyl (C=O) groups excluding carboxylic acids is 1. The number of hydrogen-bond donors (Lipinski definition) is 1. The summed E-state index contributed by atoms with van der Waals surface area (Å²) in [6, 6.07) is 4.71. The lowest BCUT2D eigenvalue weighted by molar-refractivity contribution is -0.141. The molecule has 2 atom stereocenters. The smallest absolute Gasteiger partial charge is 0.327 e. The fourth-order valence-electron chi connectivity index (χ4n) is 2.50. The highest BCUT2D eigenvalue weighted by Gasteiger charge is 2.41. The molecule has 0 bridgehead atoms. The van der Waals surface area contributed by atoms with Crippen LogP contribution in [0.4, 0.5) is 0 Å². The third kappa shape index (κ3) is 3.43. The second kappa shape index (κ2) is 6.83. The molecule has 1 saturated heterocycles. The number of halogens is 1. The summed E-state index contributed by atoms with van der Waals surface area (Å²) in [5, 5.41) is 9.31. The van der Waals surface area contributed by atoms with Crippen LogP contribution in [0.1, 0.15) is 35.7 Å². The Kier molecular flexibility index (Phi) is 5.32. The molecule has 0 radical (unpaired) electrons. The molecule has 2 unspecified atom stereocenters. The topological polar surface area (TPSA) is 57.6 Å². The van der Waals surface area contributed by atoms with Gasteiger partial charge in [-0.2, -0.15) is 0 Å². The standard InChI is InChI=1S/C15H18BrNO3S/c1-3-4-13-17(12(8-21-13)15(19)20)14(18)11-6-5-10(16)7-9(11)2/h5-7,12-13H,3-4,8H2,1-2H3,(H,19,20). The first-order valence-electron chi connectivity index (χ1n) is 6.89. The van der Waals surface area contributed by atoms with Gasteiger partial charge in [0, 0.05) is 15.8 Å². The van der Waals surface area contributed by atoms with Gasteiger partial charge in [0.05, 0.1) is 5.37 Å². The van der Waals surface area contributed by atoms with E-state index in [1.165, 1.54) is 0 Å². The van der Waals surface area contributed by atoms with Crippen LogP contribution in [0, 0.1) is 6.92 Å². The highest BCUT2D eigenvalue weighted by atomic mass is 79.9. The Hall–Kier alpha value is -1.01. The molecule has 1 aliphatic rings. The highest BCUT2D eigenvalue weighted by molar-refractivity contribution is 9.10. The predicted octanol–water partition coefficient (Wildman–Crippen LogP) is 3.53. The van der Waals surface area contributed by atoms with Gasteiger partial charge in [-0.1, -0.05) is 29.3 Å². The van der Waals surface area contributed by atoms with Gasteiger partial charge >= 0.3 is 5.97 Å². The van der Waals surface area contributed by atoms with Crippen molar-refractivity contribution >= 4 is 39.6 Å². The zero-order valence-corrected chi connectivity index (χ0v) is 14.4. The number of hydrogen-bond acceptors (Lipinski definition) is 3. The van der Waals surface area contributed by atoms with Crippen LogP contribution in [0.25, 0.3) is 0 Å². The summed E-state index contributed by atoms with van der Waals surface area (Å²) in [6.07, 6.45) is 1.74. The number of benzene rings is 1. The molecule has 1 amide bonds. The van der Waals surface area contributed by atoms with Crippen LogP contribution in [0.3, 0.4) is 0 Å². The number of carboxylic acid groups (broad SMARTS) is 1. The second-order valence-electron chi connectivity index (χ2n) is 5.10. The predicted molar refractivity (Wildman–Crippen MR) is 87.6 cm³/mol. The summed E-state index contributed by atoms with van der Waals surface area (Å²) >= 11 is 4.94. The van der Waals surface area contributed by atoms with Gasteiger partial charge in [-0.05, 0) is 37.1 Å². The van der Waals surface area contributed by atoms with Crippen molar-refractivity contribution < 1.29 is 14.7 Å². The van der Waals surface area contributed by atoms with Crippen LogP contribution in [-0.4, -0.2) is 39.1 Å². The number of nitrogens with zero attached hydrogens (tertiary/aromatic N) is 1. The largest absolute Gasteiger partial charge is 0.480 e. The third-order valence-corrected chi connectivity index (χ3v) is 5.42. The molecule has 21 heavy (non-hydrogen) atoms. The Morgan fingerprint density at radius 1 is 1.48 bits per heavy atom. The van der Waals surface area contributed by atoms with Crippen molar-refractivity contribution in [2.24, 2.45) is 0 Å². The van der Waals surface area contributed by atoms with E-state index in [1.807, 2.05) is 26.0 Å². The summed E-state index contributed by atoms with van der Waals surface area (Å²) in [7, 11) is 0. The van der Waals surface area contributed by atoms with Gasteiger partial charge in [-0.3, -0.25) is 4.79 Å². The maximum absolute atomic E-state index is 12.8. The molecule has 0 aliphatic carbocycles. The van der Waals surface area contributed by atoms with Crippen molar-refractivity contribution in [3.63, 3.8) is 0 Å². The Labute approximate surface area is 137 Å². The number of carboxylic acids is 1. The van der Waals surface area contributed by atoms with E-state index in [0.29, 0.717) is 11.3 Å². The van der Waals surface area contributed by atoms with E-state index in [0.717, 1.165) is 22.9 Å². The highest BCUT2D eigenvalue weighted by Crippen LogP contribution is 2.34. The van der Waals surface area contributed by atoms with E-state index in [2.05, 4.69) is 15.9 Å². The minimum absolute atomic E-state index is 0.0494. The second-order valence-corrected chi connectivity index (χ2v) is 7.23. The number of amides is 1. The van der Waals surface area contributed by atoms with Gasteiger partial charge in [0.1, 0.15) is 6.04 Å². The van der Waals surface area contributed by atoms with Crippen molar-refractivity contribution in [1.29, 1.82) is 0 Å². The molecule has 0 spiro atoms. The first kappa shape index (κ1) is 16.4. The number of aryl methyl sites for hydroxylation is 1. The fraction of sp³-hybridized carbons (Fsp3) is 0.467. The minimum atomic E-state index is -0.927. The summed E-state index contributed by atoms with van der Waals surface area (Å²) in [5.74, 6) is -0.651. The van der Waals surface area contributed by atoms with Crippen LogP contribution >= 0.6 is 27.7 Å². The van der Waals surface area contributed by atoms with Crippen LogP contribution in [0.15, 0.2) is 22.7 Å². The first-order valence-corrected chi connectivity index (χ1v) is 8.73. The lowest BCUT2D eigenvalue weighted by atomic mass is 10.1. The summed E-state index contributed by atoms with van der Waals surface area (Å²) < 4.78 is 0.909. The molecule has 1 heterocycles. The van der Waals surface area contributed by atoms with Gasteiger partial charge in [0.15, 0.2) is 0 Å². The molecular formula is C15H18BrNO3S. The maximum atomic E-state index is 12.8. The molecule has 1 N–H and O–H groups in total. The van der Waals surface area contributed by atoms with Crippen LogP contribution in [0.2, 0.25) is 0 Å². The van der Waals surface area contributed by atoms with E-state index in [9.17, 15) is 14.7 Å². The Morgan fingerprint density at radius 3 is 2.76 bits per heavy atom. The van der Waals surface area contributed by atoms with E-state index < -0.39 is 12.0 Å². The molecule has 2 rings (SSSR count). The number of rotatable bonds is 4. The lowest BCUT2D eigenvalue weighted by Crippen LogP contribution is -2.45. The number of aliphatic carboxylic acids is 1. The summed E-state index contributed by atoms with van der Waals surface area (Å²) in [4.78, 5) is 25.8. The molecule has 0 saturated carbocycles. The molecule has 4 nitrogen and oxygen atoms in total. The molecule has 1 aromatic rings. The zero-order valence-electron chi connectivity index (χ0n) is 12.0. The maximum Gasteiger partial charge on any atom is 0.327 e. The molecule has 6 heteroatoms. The van der Waals surface area contributed by atoms with Crippen molar-refractivity contribution in [3.8, 4) is 0 Å². The van der Waals surface area contributed by atoms with E-state index in [1.54, 1.807) is 22.7 Å². The van der Waals surface area contributed by atoms with Crippen LogP contribution < -0.4 is 0 Å². The van der Waals surface area contributed by atoms with E-state index in [-0.39, 0.29) is 11.3 Å². The average Bonchev–Trinajstić information content (AvgIpc) is 2.82.